The number of sulfone groups is 1. The van der Waals surface area contributed by atoms with Crippen LogP contribution in [0, 0.1) is 6.92 Å². The quantitative estimate of drug-likeness (QED) is 0.759. The van der Waals surface area contributed by atoms with Crippen LogP contribution in [0.3, 0.4) is 0 Å². The van der Waals surface area contributed by atoms with E-state index in [9.17, 15) is 8.42 Å². The van der Waals surface area contributed by atoms with Gasteiger partial charge >= 0.3 is 0 Å². The molecule has 2 aromatic carbocycles. The van der Waals surface area contributed by atoms with Crippen molar-refractivity contribution in [1.29, 1.82) is 0 Å². The van der Waals surface area contributed by atoms with Crippen LogP contribution in [-0.2, 0) is 20.0 Å². The highest BCUT2D eigenvalue weighted by Crippen LogP contribution is 2.37. The lowest BCUT2D eigenvalue weighted by Crippen LogP contribution is -2.18. The smallest absolute Gasteiger partial charge is 0.210 e. The predicted molar refractivity (Wildman–Crippen MR) is 97.0 cm³/mol. The van der Waals surface area contributed by atoms with Crippen LogP contribution in [0.15, 0.2) is 52.3 Å². The van der Waals surface area contributed by atoms with Gasteiger partial charge in [-0.25, -0.2) is 8.42 Å². The summed E-state index contributed by atoms with van der Waals surface area (Å²) in [5.41, 5.74) is 1.20. The van der Waals surface area contributed by atoms with E-state index in [4.69, 9.17) is 9.47 Å². The van der Waals surface area contributed by atoms with Gasteiger partial charge in [0.05, 0.1) is 11.5 Å². The maximum Gasteiger partial charge on any atom is 0.210 e. The molecule has 1 aliphatic heterocycles. The molecule has 1 heterocycles. The fourth-order valence-corrected chi connectivity index (χ4v) is 4.89. The average Bonchev–Trinajstić information content (AvgIpc) is 3.36. The van der Waals surface area contributed by atoms with Gasteiger partial charge in [0.15, 0.2) is 0 Å². The summed E-state index contributed by atoms with van der Waals surface area (Å²) in [6.07, 6.45) is 0.0675. The summed E-state index contributed by atoms with van der Waals surface area (Å²) in [4.78, 5) is 0.580. The van der Waals surface area contributed by atoms with E-state index < -0.39 is 9.84 Å². The molecule has 1 fully saturated rings. The lowest BCUT2D eigenvalue weighted by molar-refractivity contribution is 0.257. The standard InChI is InChI=1S/C20H24O4S/c1-14-8-7-10-17(24-13-15-12-23-15)19(14)25(21,22)18-11-6-5-9-16(18)20(2,3)4/h5-11,15H,12-13H2,1-4H3. The van der Waals surface area contributed by atoms with Crippen molar-refractivity contribution in [1.82, 2.24) is 0 Å². The van der Waals surface area contributed by atoms with Crippen molar-refractivity contribution in [2.24, 2.45) is 0 Å². The molecule has 0 aliphatic carbocycles. The zero-order chi connectivity index (χ0) is 18.2. The molecule has 5 heteroatoms. The van der Waals surface area contributed by atoms with E-state index in [1.807, 2.05) is 39.0 Å². The molecule has 0 aromatic heterocycles. The van der Waals surface area contributed by atoms with Crippen LogP contribution in [0.2, 0.25) is 0 Å². The molecule has 1 saturated heterocycles. The number of hydrogen-bond donors (Lipinski definition) is 0. The van der Waals surface area contributed by atoms with Crippen LogP contribution in [0.4, 0.5) is 0 Å². The Morgan fingerprint density at radius 1 is 1.12 bits per heavy atom. The first-order valence-electron chi connectivity index (χ1n) is 8.40. The molecule has 0 N–H and O–H groups in total. The molecule has 1 unspecified atom stereocenters. The SMILES string of the molecule is Cc1cccc(OCC2CO2)c1S(=O)(=O)c1ccccc1C(C)(C)C. The molecular weight excluding hydrogens is 336 g/mol. The lowest BCUT2D eigenvalue weighted by atomic mass is 9.87. The van der Waals surface area contributed by atoms with Crippen molar-refractivity contribution in [3.63, 3.8) is 0 Å². The van der Waals surface area contributed by atoms with Gasteiger partial charge in [-0.05, 0) is 35.6 Å². The first-order valence-corrected chi connectivity index (χ1v) is 9.88. The van der Waals surface area contributed by atoms with Gasteiger partial charge in [-0.15, -0.1) is 0 Å². The van der Waals surface area contributed by atoms with Crippen molar-refractivity contribution < 1.29 is 17.9 Å². The third kappa shape index (κ3) is 3.72. The first-order chi connectivity index (χ1) is 11.7. The van der Waals surface area contributed by atoms with Gasteiger partial charge in [0.2, 0.25) is 9.84 Å². The van der Waals surface area contributed by atoms with Crippen molar-refractivity contribution >= 4 is 9.84 Å². The van der Waals surface area contributed by atoms with Crippen LogP contribution >= 0.6 is 0 Å². The minimum absolute atomic E-state index is 0.0675. The van der Waals surface area contributed by atoms with Gasteiger partial charge in [0, 0.05) is 0 Å². The molecule has 134 valence electrons. The summed E-state index contributed by atoms with van der Waals surface area (Å²) in [5.74, 6) is 0.388. The number of rotatable bonds is 5. The molecule has 4 nitrogen and oxygen atoms in total. The van der Waals surface area contributed by atoms with Crippen LogP contribution in [0.25, 0.3) is 0 Å². The van der Waals surface area contributed by atoms with E-state index in [1.165, 1.54) is 0 Å². The number of benzene rings is 2. The highest BCUT2D eigenvalue weighted by Gasteiger charge is 2.31. The highest BCUT2D eigenvalue weighted by molar-refractivity contribution is 7.91. The molecule has 1 atom stereocenters. The lowest BCUT2D eigenvalue weighted by Gasteiger charge is -2.23. The molecule has 0 spiro atoms. The first kappa shape index (κ1) is 18.0. The Kier molecular flexibility index (Phi) is 4.64. The molecule has 0 saturated carbocycles. The fraction of sp³-hybridized carbons (Fsp3) is 0.400. The van der Waals surface area contributed by atoms with Gasteiger partial charge in [0.25, 0.3) is 0 Å². The monoisotopic (exact) mass is 360 g/mol. The largest absolute Gasteiger partial charge is 0.489 e. The summed E-state index contributed by atoms with van der Waals surface area (Å²) in [6.45, 7) is 8.88. The van der Waals surface area contributed by atoms with E-state index in [-0.39, 0.29) is 16.4 Å². The van der Waals surface area contributed by atoms with Crippen molar-refractivity contribution in [3.8, 4) is 5.75 Å². The summed E-state index contributed by atoms with van der Waals surface area (Å²) in [7, 11) is -3.71. The Labute approximate surface area is 149 Å². The summed E-state index contributed by atoms with van der Waals surface area (Å²) >= 11 is 0. The number of hydrogen-bond acceptors (Lipinski definition) is 4. The van der Waals surface area contributed by atoms with Gasteiger partial charge in [-0.3, -0.25) is 0 Å². The minimum Gasteiger partial charge on any atom is -0.489 e. The third-order valence-corrected chi connectivity index (χ3v) is 6.25. The predicted octanol–water partition coefficient (Wildman–Crippen LogP) is 3.90. The Morgan fingerprint density at radius 3 is 2.44 bits per heavy atom. The van der Waals surface area contributed by atoms with Crippen LogP contribution < -0.4 is 4.74 Å². The maximum absolute atomic E-state index is 13.5. The molecule has 1 aliphatic rings. The summed E-state index contributed by atoms with van der Waals surface area (Å²) in [5, 5.41) is 0. The molecule has 2 aromatic rings. The Morgan fingerprint density at radius 2 is 1.80 bits per heavy atom. The average molecular weight is 360 g/mol. The molecule has 3 rings (SSSR count). The normalized spacial score (nSPS) is 17.4. The van der Waals surface area contributed by atoms with Crippen molar-refractivity contribution in [2.45, 2.75) is 49.0 Å². The summed E-state index contributed by atoms with van der Waals surface area (Å²) < 4.78 is 37.9. The van der Waals surface area contributed by atoms with Gasteiger partial charge in [-0.2, -0.15) is 0 Å². The molecule has 0 bridgehead atoms. The topological polar surface area (TPSA) is 55.9 Å². The van der Waals surface area contributed by atoms with Gasteiger partial charge in [-0.1, -0.05) is 51.1 Å². The van der Waals surface area contributed by atoms with Crippen molar-refractivity contribution in [3.05, 3.63) is 53.6 Å². The minimum atomic E-state index is -3.71. The Hall–Kier alpha value is -1.85. The Balaban J connectivity index is 2.12. The zero-order valence-corrected chi connectivity index (χ0v) is 15.9. The van der Waals surface area contributed by atoms with E-state index in [0.29, 0.717) is 29.4 Å². The van der Waals surface area contributed by atoms with Gasteiger partial charge in [0.1, 0.15) is 23.4 Å². The second-order valence-corrected chi connectivity index (χ2v) is 9.27. The van der Waals surface area contributed by atoms with Crippen LogP contribution in [-0.4, -0.2) is 27.7 Å². The highest BCUT2D eigenvalue weighted by atomic mass is 32.2. The maximum atomic E-state index is 13.5. The number of aryl methyl sites for hydroxylation is 1. The molecule has 0 amide bonds. The molecule has 25 heavy (non-hydrogen) atoms. The third-order valence-electron chi connectivity index (χ3n) is 4.26. The van der Waals surface area contributed by atoms with Crippen molar-refractivity contribution in [2.75, 3.05) is 13.2 Å². The second-order valence-electron chi connectivity index (χ2n) is 7.42. The number of epoxide rings is 1. The van der Waals surface area contributed by atoms with E-state index >= 15 is 0 Å². The van der Waals surface area contributed by atoms with E-state index in [1.54, 1.807) is 31.2 Å². The van der Waals surface area contributed by atoms with Crippen LogP contribution in [0.5, 0.6) is 5.75 Å². The van der Waals surface area contributed by atoms with E-state index in [0.717, 1.165) is 5.56 Å². The Bertz CT molecular complexity index is 875. The molecular formula is C20H24O4S. The zero-order valence-electron chi connectivity index (χ0n) is 15.1. The summed E-state index contributed by atoms with van der Waals surface area (Å²) in [6, 6.07) is 12.5. The second kappa shape index (κ2) is 6.46. The fourth-order valence-electron chi connectivity index (χ4n) is 2.86. The number of ether oxygens (including phenoxy) is 2. The van der Waals surface area contributed by atoms with E-state index in [2.05, 4.69) is 0 Å². The molecule has 0 radical (unpaired) electrons. The van der Waals surface area contributed by atoms with Crippen LogP contribution in [0.1, 0.15) is 31.9 Å². The van der Waals surface area contributed by atoms with Gasteiger partial charge < -0.3 is 9.47 Å².